The van der Waals surface area contributed by atoms with Gasteiger partial charge in [-0.2, -0.15) is 0 Å². The molecule has 1 aliphatic heterocycles. The molecule has 0 saturated heterocycles. The minimum atomic E-state index is -0.137. The number of rotatable bonds is 8. The summed E-state index contributed by atoms with van der Waals surface area (Å²) in [7, 11) is 3.16. The van der Waals surface area contributed by atoms with Gasteiger partial charge in [-0.1, -0.05) is 18.2 Å². The molecule has 3 rings (SSSR count). The van der Waals surface area contributed by atoms with Crippen LogP contribution in [0.25, 0.3) is 0 Å². The number of methoxy groups -OCH3 is 2. The minimum absolute atomic E-state index is 0.00267. The molecule has 0 saturated carbocycles. The van der Waals surface area contributed by atoms with Crippen molar-refractivity contribution in [2.75, 3.05) is 37.6 Å². The third-order valence-corrected chi connectivity index (χ3v) is 4.70. The Labute approximate surface area is 176 Å². The molecule has 0 radical (unpaired) electrons. The molecule has 0 bridgehead atoms. The topological polar surface area (TPSA) is 77.1 Å². The van der Waals surface area contributed by atoms with Crippen molar-refractivity contribution < 1.29 is 23.8 Å². The largest absolute Gasteiger partial charge is 0.493 e. The molecule has 158 valence electrons. The lowest BCUT2D eigenvalue weighted by molar-refractivity contribution is -0.121. The fourth-order valence-electron chi connectivity index (χ4n) is 3.24. The highest BCUT2D eigenvalue weighted by atomic mass is 16.5. The van der Waals surface area contributed by atoms with Crippen molar-refractivity contribution in [3.63, 3.8) is 0 Å². The Morgan fingerprint density at radius 3 is 2.63 bits per heavy atom. The Balaban J connectivity index is 1.67. The molecule has 0 fully saturated rings. The highest BCUT2D eigenvalue weighted by molar-refractivity contribution is 6.00. The van der Waals surface area contributed by atoms with E-state index in [1.54, 1.807) is 37.3 Å². The Kier molecular flexibility index (Phi) is 6.61. The van der Waals surface area contributed by atoms with Gasteiger partial charge in [-0.25, -0.2) is 0 Å². The number of carbonyl (C=O) groups excluding carboxylic acids is 2. The molecule has 1 aliphatic rings. The van der Waals surface area contributed by atoms with Crippen molar-refractivity contribution >= 4 is 23.2 Å². The summed E-state index contributed by atoms with van der Waals surface area (Å²) in [5, 5.41) is 2.89. The number of anilines is 2. The molecule has 1 heterocycles. The number of hydrogen-bond acceptors (Lipinski definition) is 5. The van der Waals surface area contributed by atoms with Crippen molar-refractivity contribution in [2.24, 2.45) is 0 Å². The van der Waals surface area contributed by atoms with E-state index in [4.69, 9.17) is 14.2 Å². The normalized spacial score (nSPS) is 12.6. The number of nitrogens with zero attached hydrogens (tertiary/aromatic N) is 1. The van der Waals surface area contributed by atoms with E-state index in [0.29, 0.717) is 48.0 Å². The van der Waals surface area contributed by atoms with E-state index in [2.05, 4.69) is 11.9 Å². The van der Waals surface area contributed by atoms with Gasteiger partial charge < -0.3 is 24.4 Å². The second-order valence-corrected chi connectivity index (χ2v) is 7.15. The summed E-state index contributed by atoms with van der Waals surface area (Å²) in [4.78, 5) is 26.3. The number of benzene rings is 2. The van der Waals surface area contributed by atoms with E-state index in [1.807, 2.05) is 25.1 Å². The van der Waals surface area contributed by atoms with Gasteiger partial charge in [-0.3, -0.25) is 9.59 Å². The van der Waals surface area contributed by atoms with E-state index in [1.165, 1.54) is 0 Å². The highest BCUT2D eigenvalue weighted by Crippen LogP contribution is 2.35. The van der Waals surface area contributed by atoms with Crippen molar-refractivity contribution in [1.82, 2.24) is 0 Å². The van der Waals surface area contributed by atoms with E-state index in [0.717, 1.165) is 11.1 Å². The number of fused-ring (bicyclic) bond motifs is 1. The van der Waals surface area contributed by atoms with Crippen molar-refractivity contribution in [2.45, 2.75) is 19.8 Å². The third kappa shape index (κ3) is 4.92. The zero-order chi connectivity index (χ0) is 21.7. The van der Waals surface area contributed by atoms with Gasteiger partial charge in [0.25, 0.3) is 5.91 Å². The monoisotopic (exact) mass is 410 g/mol. The zero-order valence-corrected chi connectivity index (χ0v) is 17.5. The maximum Gasteiger partial charge on any atom is 0.265 e. The van der Waals surface area contributed by atoms with Crippen LogP contribution in [0, 0.1) is 0 Å². The summed E-state index contributed by atoms with van der Waals surface area (Å²) in [6, 6.07) is 10.9. The predicted molar refractivity (Wildman–Crippen MR) is 116 cm³/mol. The minimum Gasteiger partial charge on any atom is -0.493 e. The Bertz CT molecular complexity index is 970. The van der Waals surface area contributed by atoms with Gasteiger partial charge in [-0.05, 0) is 49.2 Å². The molecule has 30 heavy (non-hydrogen) atoms. The summed E-state index contributed by atoms with van der Waals surface area (Å²) < 4.78 is 16.0. The highest BCUT2D eigenvalue weighted by Gasteiger charge is 2.25. The van der Waals surface area contributed by atoms with Gasteiger partial charge in [0, 0.05) is 18.7 Å². The maximum absolute atomic E-state index is 12.5. The zero-order valence-electron chi connectivity index (χ0n) is 17.5. The van der Waals surface area contributed by atoms with E-state index < -0.39 is 0 Å². The fraction of sp³-hybridized carbons (Fsp3) is 0.304. The molecule has 7 heteroatoms. The first-order valence-electron chi connectivity index (χ1n) is 9.63. The summed E-state index contributed by atoms with van der Waals surface area (Å²) in [6.07, 6.45) is 0.859. The Morgan fingerprint density at radius 1 is 1.17 bits per heavy atom. The lowest BCUT2D eigenvalue weighted by Gasteiger charge is -2.30. The van der Waals surface area contributed by atoms with Crippen LogP contribution in [-0.4, -0.2) is 39.2 Å². The van der Waals surface area contributed by atoms with Crippen LogP contribution in [0.1, 0.15) is 18.9 Å². The molecule has 0 unspecified atom stereocenters. The van der Waals surface area contributed by atoms with E-state index >= 15 is 0 Å². The SMILES string of the molecule is C=C(C)CN1C(=O)COc2ccc(NC(=O)CCc3ccc(OC)c(OC)c3)cc21. The van der Waals surface area contributed by atoms with Gasteiger partial charge in [0.2, 0.25) is 5.91 Å². The number of aryl methyl sites for hydroxylation is 1. The van der Waals surface area contributed by atoms with E-state index in [9.17, 15) is 9.59 Å². The third-order valence-electron chi connectivity index (χ3n) is 4.70. The van der Waals surface area contributed by atoms with Crippen LogP contribution in [0.5, 0.6) is 17.2 Å². The molecular weight excluding hydrogens is 384 g/mol. The van der Waals surface area contributed by atoms with Gasteiger partial charge in [0.05, 0.1) is 19.9 Å². The molecule has 1 N–H and O–H groups in total. The fourth-order valence-corrected chi connectivity index (χ4v) is 3.24. The Hall–Kier alpha value is -3.48. The molecular formula is C23H26N2O5. The van der Waals surface area contributed by atoms with Gasteiger partial charge in [-0.15, -0.1) is 0 Å². The first kappa shape index (κ1) is 21.2. The van der Waals surface area contributed by atoms with Crippen LogP contribution < -0.4 is 24.4 Å². The quantitative estimate of drug-likeness (QED) is 0.673. The van der Waals surface area contributed by atoms with Crippen molar-refractivity contribution in [1.29, 1.82) is 0 Å². The van der Waals surface area contributed by atoms with Crippen LogP contribution in [-0.2, 0) is 16.0 Å². The summed E-state index contributed by atoms with van der Waals surface area (Å²) >= 11 is 0. The standard InChI is InChI=1S/C23H26N2O5/c1-15(2)13-25-18-12-17(7-9-19(18)30-14-23(25)27)24-22(26)10-6-16-5-8-20(28-3)21(11-16)29-4/h5,7-9,11-12H,1,6,10,13-14H2,2-4H3,(H,24,26). The first-order chi connectivity index (χ1) is 14.4. The number of hydrogen-bond donors (Lipinski definition) is 1. The number of carbonyl (C=O) groups is 2. The van der Waals surface area contributed by atoms with Crippen molar-refractivity contribution in [3.05, 3.63) is 54.1 Å². The second kappa shape index (κ2) is 9.35. The molecule has 0 aromatic heterocycles. The molecule has 2 aromatic rings. The van der Waals surface area contributed by atoms with Gasteiger partial charge >= 0.3 is 0 Å². The lowest BCUT2D eigenvalue weighted by atomic mass is 10.1. The van der Waals surface area contributed by atoms with Crippen LogP contribution in [0.15, 0.2) is 48.6 Å². The molecule has 0 atom stereocenters. The maximum atomic E-state index is 12.5. The number of amides is 2. The Morgan fingerprint density at radius 2 is 1.93 bits per heavy atom. The molecule has 0 aliphatic carbocycles. The molecule has 2 aromatic carbocycles. The van der Waals surface area contributed by atoms with Crippen LogP contribution >= 0.6 is 0 Å². The average molecular weight is 410 g/mol. The average Bonchev–Trinajstić information content (AvgIpc) is 2.74. The predicted octanol–water partition coefficient (Wildman–Crippen LogP) is 3.58. The number of ether oxygens (including phenoxy) is 3. The molecule has 7 nitrogen and oxygen atoms in total. The first-order valence-corrected chi connectivity index (χ1v) is 9.63. The lowest BCUT2D eigenvalue weighted by Crippen LogP contribution is -2.39. The van der Waals surface area contributed by atoms with Crippen molar-refractivity contribution in [3.8, 4) is 17.2 Å². The molecule has 0 spiro atoms. The van der Waals surface area contributed by atoms with Gasteiger partial charge in [0.1, 0.15) is 5.75 Å². The smallest absolute Gasteiger partial charge is 0.265 e. The summed E-state index contributed by atoms with van der Waals surface area (Å²) in [6.45, 7) is 6.15. The summed E-state index contributed by atoms with van der Waals surface area (Å²) in [5.74, 6) is 1.63. The second-order valence-electron chi connectivity index (χ2n) is 7.15. The summed E-state index contributed by atoms with van der Waals surface area (Å²) in [5.41, 5.74) is 3.07. The van der Waals surface area contributed by atoms with Crippen LogP contribution in [0.4, 0.5) is 11.4 Å². The molecule has 2 amide bonds. The van der Waals surface area contributed by atoms with E-state index in [-0.39, 0.29) is 18.4 Å². The number of nitrogens with one attached hydrogen (secondary N) is 1. The van der Waals surface area contributed by atoms with Crippen LogP contribution in [0.2, 0.25) is 0 Å². The van der Waals surface area contributed by atoms with Crippen LogP contribution in [0.3, 0.4) is 0 Å². The van der Waals surface area contributed by atoms with Gasteiger partial charge in [0.15, 0.2) is 18.1 Å².